The number of hydrogen-bond donors (Lipinski definition) is 0. The quantitative estimate of drug-likeness (QED) is 0.245. The van der Waals surface area contributed by atoms with E-state index in [1.165, 1.54) is 6.08 Å². The predicted octanol–water partition coefficient (Wildman–Crippen LogP) is 6.61. The van der Waals surface area contributed by atoms with E-state index in [0.29, 0.717) is 32.1 Å². The third-order valence-electron chi connectivity index (χ3n) is 5.26. The molecule has 0 saturated heterocycles. The first kappa shape index (κ1) is 18.8. The van der Waals surface area contributed by atoms with E-state index in [-0.39, 0.29) is 28.0 Å². The van der Waals surface area contributed by atoms with Crippen LogP contribution in [0.15, 0.2) is 36.2 Å². The van der Waals surface area contributed by atoms with E-state index in [4.69, 9.17) is 0 Å². The van der Waals surface area contributed by atoms with Gasteiger partial charge in [0.25, 0.3) is 0 Å². The molecule has 0 heterocycles. The van der Waals surface area contributed by atoms with Crippen LogP contribution in [-0.4, -0.2) is 34.3 Å². The number of rotatable bonds is 3. The molecule has 136 valence electrons. The van der Waals surface area contributed by atoms with Gasteiger partial charge in [0, 0.05) is 22.2 Å². The van der Waals surface area contributed by atoms with E-state index in [9.17, 15) is 17.6 Å². The van der Waals surface area contributed by atoms with Crippen LogP contribution in [0.25, 0.3) is 0 Å². The van der Waals surface area contributed by atoms with E-state index in [1.54, 1.807) is 12.2 Å². The molecule has 6 unspecified atom stereocenters. The van der Waals surface area contributed by atoms with Crippen LogP contribution < -0.4 is 0 Å². The molecule has 1 saturated carbocycles. The van der Waals surface area contributed by atoms with Crippen molar-refractivity contribution in [1.82, 2.24) is 0 Å². The van der Waals surface area contributed by atoms with Gasteiger partial charge in [-0.2, -0.15) is 7.20 Å². The smallest absolute Gasteiger partial charge is 0.119 e. The average molecular weight is 474 g/mol. The van der Waals surface area contributed by atoms with Gasteiger partial charge >= 0.3 is 0 Å². The summed E-state index contributed by atoms with van der Waals surface area (Å²) in [5.41, 5.74) is 0. The van der Waals surface area contributed by atoms with Crippen molar-refractivity contribution < 1.29 is 17.6 Å². The minimum Gasteiger partial charge on any atom is -0.247 e. The van der Waals surface area contributed by atoms with Gasteiger partial charge in [-0.1, -0.05) is 18.2 Å². The molecule has 3 aliphatic carbocycles. The molecule has 7 atom stereocenters. The summed E-state index contributed by atoms with van der Waals surface area (Å²) in [7, 11) is -1.52. The van der Waals surface area contributed by atoms with Crippen LogP contribution in [0.1, 0.15) is 38.5 Å². The highest BCUT2D eigenvalue weighted by Crippen LogP contribution is 2.73. The fourth-order valence-corrected chi connectivity index (χ4v) is 11.7. The lowest BCUT2D eigenvalue weighted by Crippen LogP contribution is -2.39. The van der Waals surface area contributed by atoms with Gasteiger partial charge in [-0.3, -0.25) is 0 Å². The Kier molecular flexibility index (Phi) is 6.05. The minimum atomic E-state index is -1.52. The third kappa shape index (κ3) is 3.89. The van der Waals surface area contributed by atoms with Crippen LogP contribution in [-0.2, 0) is 0 Å². The lowest BCUT2D eigenvalue weighted by atomic mass is 9.97. The Morgan fingerprint density at radius 2 is 1.62 bits per heavy atom. The summed E-state index contributed by atoms with van der Waals surface area (Å²) in [5, 5.41) is 0.176. The number of alkyl halides is 3. The predicted molar refractivity (Wildman–Crippen MR) is 103 cm³/mol. The van der Waals surface area contributed by atoms with Crippen molar-refractivity contribution in [3.8, 4) is 0 Å². The molecule has 1 fully saturated rings. The highest BCUT2D eigenvalue weighted by Gasteiger charge is 2.47. The van der Waals surface area contributed by atoms with E-state index < -0.39 is 25.7 Å². The lowest BCUT2D eigenvalue weighted by molar-refractivity contribution is 0.162. The summed E-state index contributed by atoms with van der Waals surface area (Å²) in [6.45, 7) is 0. The summed E-state index contributed by atoms with van der Waals surface area (Å²) >= 11 is 2.44. The second-order valence-electron chi connectivity index (χ2n) is 6.94. The number of halogens is 5. The van der Waals surface area contributed by atoms with Crippen molar-refractivity contribution in [3.05, 3.63) is 36.2 Å². The van der Waals surface area contributed by atoms with Crippen LogP contribution in [0.4, 0.5) is 17.6 Å². The van der Waals surface area contributed by atoms with Gasteiger partial charge < -0.3 is 0 Å². The van der Waals surface area contributed by atoms with Gasteiger partial charge in [0.05, 0.1) is 0 Å². The topological polar surface area (TPSA) is 0 Å². The van der Waals surface area contributed by atoms with E-state index in [2.05, 4.69) is 21.2 Å². The Labute approximate surface area is 154 Å². The molecule has 0 N–H and O–H groups in total. The van der Waals surface area contributed by atoms with Gasteiger partial charge in [0.2, 0.25) is 0 Å². The minimum absolute atomic E-state index is 0.00917. The van der Waals surface area contributed by atoms with Crippen LogP contribution in [0.5, 0.6) is 0 Å². The fraction of sp³-hybridized carbons (Fsp3) is 0.667. The molecule has 0 aromatic heterocycles. The second kappa shape index (κ2) is 7.72. The first-order valence-corrected chi connectivity index (χ1v) is 12.9. The van der Waals surface area contributed by atoms with Crippen molar-refractivity contribution in [1.29, 1.82) is 0 Å². The first-order chi connectivity index (χ1) is 11.4. The molecule has 6 heteroatoms. The van der Waals surface area contributed by atoms with Gasteiger partial charge in [0.1, 0.15) is 24.3 Å². The molecule has 0 nitrogen and oxygen atoms in total. The summed E-state index contributed by atoms with van der Waals surface area (Å²) in [5.74, 6) is -0.247. The molecule has 3 aliphatic rings. The van der Waals surface area contributed by atoms with Gasteiger partial charge in [-0.25, -0.2) is 17.6 Å². The SMILES string of the molecule is FC1=CCC(S(I)(C2C=CC(F)CC2)C2CC(F)C[C@H](F)C2)C=C1. The van der Waals surface area contributed by atoms with E-state index in [1.807, 2.05) is 12.2 Å². The van der Waals surface area contributed by atoms with Crippen molar-refractivity contribution in [2.24, 2.45) is 0 Å². The number of allylic oxidation sites excluding steroid dienone is 4. The van der Waals surface area contributed by atoms with E-state index in [0.717, 1.165) is 0 Å². The Morgan fingerprint density at radius 1 is 0.917 bits per heavy atom. The zero-order chi connectivity index (χ0) is 17.3. The van der Waals surface area contributed by atoms with Gasteiger partial charge in [0.15, 0.2) is 0 Å². The van der Waals surface area contributed by atoms with Gasteiger partial charge in [-0.15, -0.1) is 0 Å². The summed E-state index contributed by atoms with van der Waals surface area (Å²) < 4.78 is 55.1. The van der Waals surface area contributed by atoms with Crippen LogP contribution >= 0.6 is 28.4 Å². The Hall–Kier alpha value is 0.0200. The maximum atomic E-state index is 14.1. The molecule has 0 aliphatic heterocycles. The van der Waals surface area contributed by atoms with E-state index >= 15 is 0 Å². The Balaban J connectivity index is 1.91. The fourth-order valence-electron chi connectivity index (χ4n) is 4.05. The average Bonchev–Trinajstić information content (AvgIpc) is 2.54. The number of hydrogen-bond acceptors (Lipinski definition) is 0. The maximum absolute atomic E-state index is 14.1. The molecule has 0 spiro atoms. The monoisotopic (exact) mass is 474 g/mol. The molecule has 0 radical (unpaired) electrons. The van der Waals surface area contributed by atoms with Gasteiger partial charge in [-0.05, 0) is 65.5 Å². The summed E-state index contributed by atoms with van der Waals surface area (Å²) in [6, 6.07) is 0. The summed E-state index contributed by atoms with van der Waals surface area (Å²) in [4.78, 5) is 0. The van der Waals surface area contributed by atoms with Crippen LogP contribution in [0.3, 0.4) is 0 Å². The molecule has 0 aromatic rings. The second-order valence-corrected chi connectivity index (χ2v) is 14.7. The van der Waals surface area contributed by atoms with Crippen molar-refractivity contribution in [2.45, 2.75) is 72.8 Å². The van der Waals surface area contributed by atoms with Crippen LogP contribution in [0, 0.1) is 0 Å². The van der Waals surface area contributed by atoms with Crippen molar-refractivity contribution >= 4 is 28.4 Å². The molecule has 0 amide bonds. The zero-order valence-electron chi connectivity index (χ0n) is 13.4. The molecule has 0 aromatic carbocycles. The largest absolute Gasteiger partial charge is 0.247 e. The highest BCUT2D eigenvalue weighted by molar-refractivity contribution is 14.2. The zero-order valence-corrected chi connectivity index (χ0v) is 16.4. The lowest BCUT2D eigenvalue weighted by Gasteiger charge is -2.53. The molecule has 0 bridgehead atoms. The Bertz CT molecular complexity index is 535. The summed E-state index contributed by atoms with van der Waals surface area (Å²) in [6.07, 6.45) is 7.77. The standard InChI is InChI=1S/C18H23F4IS/c19-12-1-5-16(6-2-12)24(23,17-7-3-13(20)4-8-17)18-10-14(21)9-15(22)11-18/h1-3,5,7,13-18H,4,6,8-11H2/t13?,14-,15?,16?,17?,18?/m0/s1. The Morgan fingerprint density at radius 3 is 2.17 bits per heavy atom. The van der Waals surface area contributed by atoms with Crippen molar-refractivity contribution in [3.63, 3.8) is 0 Å². The molecule has 24 heavy (non-hydrogen) atoms. The maximum Gasteiger partial charge on any atom is 0.119 e. The first-order valence-electron chi connectivity index (χ1n) is 8.53. The van der Waals surface area contributed by atoms with Crippen LogP contribution in [0.2, 0.25) is 0 Å². The molecular weight excluding hydrogens is 451 g/mol. The normalized spacial score (nSPS) is 43.8. The third-order valence-corrected chi connectivity index (χ3v) is 15.3. The molecule has 3 rings (SSSR count). The highest BCUT2D eigenvalue weighted by atomic mass is 127. The molecular formula is C18H23F4IS. The van der Waals surface area contributed by atoms with Crippen molar-refractivity contribution in [2.75, 3.05) is 0 Å².